The number of hydrogen-bond acceptors (Lipinski definition) is 2. The molecule has 114 valence electrons. The molecule has 0 aliphatic rings. The lowest BCUT2D eigenvalue weighted by molar-refractivity contribution is 0.290. The molecule has 0 bridgehead atoms. The summed E-state index contributed by atoms with van der Waals surface area (Å²) in [6.07, 6.45) is 0.966. The molecule has 0 heterocycles. The third-order valence-corrected chi connectivity index (χ3v) is 4.58. The molecule has 2 unspecified atom stereocenters. The van der Waals surface area contributed by atoms with Crippen LogP contribution < -0.4 is 5.32 Å². The summed E-state index contributed by atoms with van der Waals surface area (Å²) in [5, 5.41) is 3.33. The molecule has 0 aromatic heterocycles. The van der Waals surface area contributed by atoms with Gasteiger partial charge in [-0.2, -0.15) is 0 Å². The second-order valence-electron chi connectivity index (χ2n) is 5.96. The van der Waals surface area contributed by atoms with E-state index in [1.54, 1.807) is 0 Å². The molecular formula is C15H23F2NOS. The summed E-state index contributed by atoms with van der Waals surface area (Å²) in [7, 11) is -1.56. The number of benzene rings is 1. The van der Waals surface area contributed by atoms with Gasteiger partial charge in [0.1, 0.15) is 11.6 Å². The molecule has 1 aromatic rings. The lowest BCUT2D eigenvalue weighted by Gasteiger charge is -2.31. The average Bonchev–Trinajstić information content (AvgIpc) is 2.35. The first-order chi connectivity index (χ1) is 9.25. The van der Waals surface area contributed by atoms with E-state index in [0.29, 0.717) is 0 Å². The monoisotopic (exact) mass is 303 g/mol. The van der Waals surface area contributed by atoms with E-state index in [2.05, 4.69) is 12.2 Å². The minimum absolute atomic E-state index is 0.0223. The SMILES string of the molecule is CCCNC(CS(=O)c1cc(F)ccc1F)C(C)(C)C. The molecule has 2 nitrogen and oxygen atoms in total. The fourth-order valence-corrected chi connectivity index (χ4v) is 3.46. The Morgan fingerprint density at radius 2 is 1.95 bits per heavy atom. The number of rotatable bonds is 6. The maximum Gasteiger partial charge on any atom is 0.139 e. The van der Waals surface area contributed by atoms with Gasteiger partial charge in [-0.05, 0) is 36.6 Å². The standard InChI is InChI=1S/C15H23F2NOS/c1-5-8-18-14(15(2,3)4)10-20(19)13-9-11(16)6-7-12(13)17/h6-7,9,14,18H,5,8,10H2,1-4H3. The van der Waals surface area contributed by atoms with Crippen LogP contribution in [0.2, 0.25) is 0 Å². The molecule has 0 saturated carbocycles. The Hall–Kier alpha value is -0.810. The van der Waals surface area contributed by atoms with Crippen LogP contribution in [0.15, 0.2) is 23.1 Å². The normalized spacial score (nSPS) is 15.1. The van der Waals surface area contributed by atoms with Gasteiger partial charge >= 0.3 is 0 Å². The van der Waals surface area contributed by atoms with E-state index in [1.807, 2.05) is 20.8 Å². The van der Waals surface area contributed by atoms with E-state index < -0.39 is 22.4 Å². The van der Waals surface area contributed by atoms with Crippen molar-refractivity contribution in [2.45, 2.75) is 45.1 Å². The van der Waals surface area contributed by atoms with Gasteiger partial charge in [-0.1, -0.05) is 27.7 Å². The summed E-state index contributed by atoms with van der Waals surface area (Å²) in [5.41, 5.74) is -0.103. The quantitative estimate of drug-likeness (QED) is 0.871. The summed E-state index contributed by atoms with van der Waals surface area (Å²) >= 11 is 0. The largest absolute Gasteiger partial charge is 0.313 e. The van der Waals surface area contributed by atoms with Crippen LogP contribution in [0.4, 0.5) is 8.78 Å². The Bertz CT molecular complexity index is 471. The van der Waals surface area contributed by atoms with Crippen LogP contribution >= 0.6 is 0 Å². The maximum absolute atomic E-state index is 13.6. The van der Waals surface area contributed by atoms with Crippen LogP contribution in [0, 0.1) is 17.0 Å². The van der Waals surface area contributed by atoms with E-state index in [0.717, 1.165) is 31.2 Å². The van der Waals surface area contributed by atoms with Gasteiger partial charge in [0.2, 0.25) is 0 Å². The summed E-state index contributed by atoms with van der Waals surface area (Å²) in [6, 6.07) is 3.05. The van der Waals surface area contributed by atoms with Gasteiger partial charge in [-0.3, -0.25) is 4.21 Å². The molecule has 2 atom stereocenters. The number of nitrogens with one attached hydrogen (secondary N) is 1. The molecule has 0 aliphatic carbocycles. The van der Waals surface area contributed by atoms with Crippen LogP contribution in [-0.4, -0.2) is 22.5 Å². The molecule has 0 spiro atoms. The lowest BCUT2D eigenvalue weighted by Crippen LogP contribution is -2.44. The summed E-state index contributed by atoms with van der Waals surface area (Å²) < 4.78 is 39.1. The highest BCUT2D eigenvalue weighted by Gasteiger charge is 2.27. The topological polar surface area (TPSA) is 29.1 Å². The van der Waals surface area contributed by atoms with Gasteiger partial charge in [-0.25, -0.2) is 8.78 Å². The van der Waals surface area contributed by atoms with Gasteiger partial charge in [0.25, 0.3) is 0 Å². The number of hydrogen-bond donors (Lipinski definition) is 1. The molecule has 1 rings (SSSR count). The number of halogens is 2. The predicted octanol–water partition coefficient (Wildman–Crippen LogP) is 3.49. The molecular weight excluding hydrogens is 280 g/mol. The van der Waals surface area contributed by atoms with Gasteiger partial charge in [0.15, 0.2) is 0 Å². The molecule has 0 radical (unpaired) electrons. The molecule has 1 N–H and O–H groups in total. The first-order valence-corrected chi connectivity index (χ1v) is 8.14. The predicted molar refractivity (Wildman–Crippen MR) is 79.2 cm³/mol. The highest BCUT2D eigenvalue weighted by Crippen LogP contribution is 2.23. The van der Waals surface area contributed by atoms with Crippen LogP contribution in [0.1, 0.15) is 34.1 Å². The minimum atomic E-state index is -1.56. The van der Waals surface area contributed by atoms with Crippen molar-refractivity contribution in [1.29, 1.82) is 0 Å². The van der Waals surface area contributed by atoms with Gasteiger partial charge in [0.05, 0.1) is 15.7 Å². The molecule has 0 saturated heterocycles. The maximum atomic E-state index is 13.6. The zero-order valence-corrected chi connectivity index (χ0v) is 13.3. The fourth-order valence-electron chi connectivity index (χ4n) is 1.83. The summed E-state index contributed by atoms with van der Waals surface area (Å²) in [5.74, 6) is -0.916. The Morgan fingerprint density at radius 1 is 1.30 bits per heavy atom. The molecule has 0 aliphatic heterocycles. The Labute approximate surface area is 122 Å². The highest BCUT2D eigenvalue weighted by molar-refractivity contribution is 7.85. The van der Waals surface area contributed by atoms with Crippen molar-refractivity contribution in [2.24, 2.45) is 5.41 Å². The average molecular weight is 303 g/mol. The van der Waals surface area contributed by atoms with Crippen LogP contribution in [0.25, 0.3) is 0 Å². The minimum Gasteiger partial charge on any atom is -0.313 e. The van der Waals surface area contributed by atoms with E-state index in [4.69, 9.17) is 0 Å². The van der Waals surface area contributed by atoms with Crippen molar-refractivity contribution >= 4 is 10.8 Å². The zero-order valence-electron chi connectivity index (χ0n) is 12.5. The van der Waals surface area contributed by atoms with E-state index in [9.17, 15) is 13.0 Å². The first kappa shape index (κ1) is 17.2. The Morgan fingerprint density at radius 3 is 2.50 bits per heavy atom. The summed E-state index contributed by atoms with van der Waals surface area (Å²) in [6.45, 7) is 8.99. The molecule has 5 heteroatoms. The van der Waals surface area contributed by atoms with Crippen LogP contribution in [0.5, 0.6) is 0 Å². The fraction of sp³-hybridized carbons (Fsp3) is 0.600. The second-order valence-corrected chi connectivity index (χ2v) is 7.42. The Balaban J connectivity index is 2.87. The van der Waals surface area contributed by atoms with Crippen molar-refractivity contribution < 1.29 is 13.0 Å². The van der Waals surface area contributed by atoms with Crippen molar-refractivity contribution in [2.75, 3.05) is 12.3 Å². The van der Waals surface area contributed by atoms with Crippen LogP contribution in [-0.2, 0) is 10.8 Å². The van der Waals surface area contributed by atoms with Crippen molar-refractivity contribution in [3.05, 3.63) is 29.8 Å². The summed E-state index contributed by atoms with van der Waals surface area (Å²) in [4.78, 5) is -0.0578. The van der Waals surface area contributed by atoms with E-state index in [1.165, 1.54) is 0 Å². The molecule has 20 heavy (non-hydrogen) atoms. The third kappa shape index (κ3) is 4.94. The van der Waals surface area contributed by atoms with Crippen molar-refractivity contribution in [1.82, 2.24) is 5.32 Å². The van der Waals surface area contributed by atoms with Gasteiger partial charge in [-0.15, -0.1) is 0 Å². The smallest absolute Gasteiger partial charge is 0.139 e. The highest BCUT2D eigenvalue weighted by atomic mass is 32.2. The molecule has 0 fully saturated rings. The third-order valence-electron chi connectivity index (χ3n) is 3.14. The van der Waals surface area contributed by atoms with Crippen molar-refractivity contribution in [3.63, 3.8) is 0 Å². The molecule has 0 amide bonds. The van der Waals surface area contributed by atoms with E-state index >= 15 is 0 Å². The second kappa shape index (κ2) is 7.27. The first-order valence-electron chi connectivity index (χ1n) is 6.82. The lowest BCUT2D eigenvalue weighted by atomic mass is 9.88. The molecule has 1 aromatic carbocycles. The van der Waals surface area contributed by atoms with Crippen LogP contribution in [0.3, 0.4) is 0 Å². The van der Waals surface area contributed by atoms with Gasteiger partial charge in [0, 0.05) is 11.8 Å². The Kier molecular flexibility index (Phi) is 6.27. The zero-order chi connectivity index (χ0) is 15.3. The van der Waals surface area contributed by atoms with E-state index in [-0.39, 0.29) is 22.1 Å². The van der Waals surface area contributed by atoms with Crippen molar-refractivity contribution in [3.8, 4) is 0 Å². The van der Waals surface area contributed by atoms with Gasteiger partial charge < -0.3 is 5.32 Å².